The van der Waals surface area contributed by atoms with Crippen LogP contribution in [0, 0.1) is 12.8 Å². The molecule has 0 atom stereocenters. The molecule has 1 aromatic heterocycles. The van der Waals surface area contributed by atoms with Crippen LogP contribution in [0.2, 0.25) is 0 Å². The van der Waals surface area contributed by atoms with Crippen molar-refractivity contribution in [3.05, 3.63) is 11.9 Å². The maximum absolute atomic E-state index is 12.4. The Kier molecular flexibility index (Phi) is 3.91. The van der Waals surface area contributed by atoms with Crippen molar-refractivity contribution in [3.8, 4) is 0 Å². The molecule has 7 nitrogen and oxygen atoms in total. The van der Waals surface area contributed by atoms with Gasteiger partial charge in [0.25, 0.3) is 0 Å². The van der Waals surface area contributed by atoms with Crippen LogP contribution in [0.4, 0.5) is 0 Å². The first-order valence-electron chi connectivity index (χ1n) is 6.19. The van der Waals surface area contributed by atoms with Crippen molar-refractivity contribution in [2.45, 2.75) is 31.1 Å². The van der Waals surface area contributed by atoms with Gasteiger partial charge in [0, 0.05) is 19.5 Å². The fraction of sp³-hybridized carbons (Fsp3) is 0.636. The lowest BCUT2D eigenvalue weighted by atomic mass is 9.94. The van der Waals surface area contributed by atoms with Crippen molar-refractivity contribution in [1.82, 2.24) is 14.5 Å². The molecule has 1 saturated heterocycles. The van der Waals surface area contributed by atoms with E-state index in [1.807, 2.05) is 0 Å². The SMILES string of the molecule is Cc1[nH]ncc1S(=O)(=O)N1CCC(CC(N)=O)CC1. The molecule has 2 rings (SSSR count). The summed E-state index contributed by atoms with van der Waals surface area (Å²) in [7, 11) is -3.48. The molecule has 1 fully saturated rings. The highest BCUT2D eigenvalue weighted by molar-refractivity contribution is 7.89. The number of aromatic nitrogens is 2. The Bertz CT molecular complexity index is 558. The third-order valence-corrected chi connectivity index (χ3v) is 5.48. The summed E-state index contributed by atoms with van der Waals surface area (Å²) in [6, 6.07) is 0. The maximum Gasteiger partial charge on any atom is 0.246 e. The number of nitrogens with two attached hydrogens (primary N) is 1. The van der Waals surface area contributed by atoms with Crippen LogP contribution >= 0.6 is 0 Å². The number of amides is 1. The normalized spacial score (nSPS) is 18.6. The predicted molar refractivity (Wildman–Crippen MR) is 68.6 cm³/mol. The largest absolute Gasteiger partial charge is 0.370 e. The lowest BCUT2D eigenvalue weighted by Crippen LogP contribution is -2.39. The molecular formula is C11H18N4O3S. The van der Waals surface area contributed by atoms with Crippen LogP contribution in [0.15, 0.2) is 11.1 Å². The van der Waals surface area contributed by atoms with Gasteiger partial charge in [-0.1, -0.05) is 0 Å². The number of hydrogen-bond donors (Lipinski definition) is 2. The van der Waals surface area contributed by atoms with E-state index in [1.165, 1.54) is 10.5 Å². The van der Waals surface area contributed by atoms with Crippen molar-refractivity contribution >= 4 is 15.9 Å². The number of piperidine rings is 1. The van der Waals surface area contributed by atoms with Crippen LogP contribution in [0.25, 0.3) is 0 Å². The van der Waals surface area contributed by atoms with Crippen LogP contribution in [0.3, 0.4) is 0 Å². The summed E-state index contributed by atoms with van der Waals surface area (Å²) in [5.74, 6) is -0.138. The molecule has 1 amide bonds. The molecule has 1 aliphatic rings. The van der Waals surface area contributed by atoms with E-state index in [0.717, 1.165) is 0 Å². The van der Waals surface area contributed by atoms with Gasteiger partial charge in [-0.05, 0) is 25.7 Å². The van der Waals surface area contributed by atoms with E-state index >= 15 is 0 Å². The summed E-state index contributed by atoms with van der Waals surface area (Å²) in [6.07, 6.45) is 3.00. The Morgan fingerprint density at radius 1 is 1.53 bits per heavy atom. The molecule has 19 heavy (non-hydrogen) atoms. The summed E-state index contributed by atoms with van der Waals surface area (Å²) >= 11 is 0. The first kappa shape index (κ1) is 14.0. The number of carbonyl (C=O) groups is 1. The van der Waals surface area contributed by atoms with Gasteiger partial charge < -0.3 is 5.73 Å². The summed E-state index contributed by atoms with van der Waals surface area (Å²) in [4.78, 5) is 11.1. The number of hydrogen-bond acceptors (Lipinski definition) is 4. The fourth-order valence-electron chi connectivity index (χ4n) is 2.38. The van der Waals surface area contributed by atoms with Crippen LogP contribution in [-0.2, 0) is 14.8 Å². The summed E-state index contributed by atoms with van der Waals surface area (Å²) in [5.41, 5.74) is 5.70. The molecular weight excluding hydrogens is 268 g/mol. The van der Waals surface area contributed by atoms with Crippen LogP contribution in [0.5, 0.6) is 0 Å². The van der Waals surface area contributed by atoms with E-state index < -0.39 is 10.0 Å². The van der Waals surface area contributed by atoms with Gasteiger partial charge in [0.15, 0.2) is 0 Å². The van der Waals surface area contributed by atoms with Crippen LogP contribution in [-0.4, -0.2) is 41.9 Å². The lowest BCUT2D eigenvalue weighted by Gasteiger charge is -2.30. The predicted octanol–water partition coefficient (Wildman–Crippen LogP) is -0.00578. The zero-order valence-corrected chi connectivity index (χ0v) is 11.6. The molecule has 106 valence electrons. The Morgan fingerprint density at radius 3 is 2.63 bits per heavy atom. The molecule has 2 heterocycles. The molecule has 1 aromatic rings. The number of aryl methyl sites for hydroxylation is 1. The van der Waals surface area contributed by atoms with E-state index in [0.29, 0.717) is 38.0 Å². The van der Waals surface area contributed by atoms with Gasteiger partial charge in [-0.15, -0.1) is 0 Å². The monoisotopic (exact) mass is 286 g/mol. The number of aromatic amines is 1. The number of sulfonamides is 1. The molecule has 0 unspecified atom stereocenters. The Balaban J connectivity index is 2.05. The highest BCUT2D eigenvalue weighted by atomic mass is 32.2. The molecule has 0 saturated carbocycles. The number of rotatable bonds is 4. The average Bonchev–Trinajstić information content (AvgIpc) is 2.76. The minimum absolute atomic E-state index is 0.189. The zero-order chi connectivity index (χ0) is 14.0. The molecule has 0 radical (unpaired) electrons. The van der Waals surface area contributed by atoms with Crippen molar-refractivity contribution in [1.29, 1.82) is 0 Å². The van der Waals surface area contributed by atoms with E-state index in [2.05, 4.69) is 10.2 Å². The minimum Gasteiger partial charge on any atom is -0.370 e. The standard InChI is InChI=1S/C11H18N4O3S/c1-8-10(7-13-14-8)19(17,18)15-4-2-9(3-5-15)6-11(12)16/h7,9H,2-6H2,1H3,(H2,12,16)(H,13,14). The molecule has 0 aromatic carbocycles. The van der Waals surface area contributed by atoms with Gasteiger partial charge in [0.1, 0.15) is 4.90 Å². The van der Waals surface area contributed by atoms with Gasteiger partial charge in [-0.2, -0.15) is 9.40 Å². The van der Waals surface area contributed by atoms with Crippen molar-refractivity contribution in [2.75, 3.05) is 13.1 Å². The number of carbonyl (C=O) groups excluding carboxylic acids is 1. The van der Waals surface area contributed by atoms with Crippen molar-refractivity contribution in [2.24, 2.45) is 11.7 Å². The highest BCUT2D eigenvalue weighted by Gasteiger charge is 2.31. The molecule has 0 bridgehead atoms. The molecule has 1 aliphatic heterocycles. The van der Waals surface area contributed by atoms with E-state index in [9.17, 15) is 13.2 Å². The van der Waals surface area contributed by atoms with Gasteiger partial charge in [-0.3, -0.25) is 9.89 Å². The molecule has 8 heteroatoms. The van der Waals surface area contributed by atoms with Gasteiger partial charge >= 0.3 is 0 Å². The van der Waals surface area contributed by atoms with Crippen molar-refractivity contribution in [3.63, 3.8) is 0 Å². The molecule has 0 spiro atoms. The zero-order valence-electron chi connectivity index (χ0n) is 10.8. The summed E-state index contributed by atoms with van der Waals surface area (Å²) < 4.78 is 26.2. The second-order valence-electron chi connectivity index (χ2n) is 4.88. The summed E-state index contributed by atoms with van der Waals surface area (Å²) in [6.45, 7) is 2.52. The van der Waals surface area contributed by atoms with E-state index in [-0.39, 0.29) is 16.7 Å². The fourth-order valence-corrected chi connectivity index (χ4v) is 3.97. The van der Waals surface area contributed by atoms with Crippen LogP contribution < -0.4 is 5.73 Å². The second-order valence-corrected chi connectivity index (χ2v) is 6.78. The second kappa shape index (κ2) is 5.30. The topological polar surface area (TPSA) is 109 Å². The smallest absolute Gasteiger partial charge is 0.246 e. The van der Waals surface area contributed by atoms with E-state index in [1.54, 1.807) is 6.92 Å². The van der Waals surface area contributed by atoms with Crippen molar-refractivity contribution < 1.29 is 13.2 Å². The number of nitrogens with one attached hydrogen (secondary N) is 1. The maximum atomic E-state index is 12.4. The average molecular weight is 286 g/mol. The molecule has 3 N–H and O–H groups in total. The Hall–Kier alpha value is -1.41. The third-order valence-electron chi connectivity index (χ3n) is 3.46. The molecule has 0 aliphatic carbocycles. The number of H-pyrrole nitrogens is 1. The highest BCUT2D eigenvalue weighted by Crippen LogP contribution is 2.26. The van der Waals surface area contributed by atoms with Gasteiger partial charge in [-0.25, -0.2) is 8.42 Å². The number of nitrogens with zero attached hydrogens (tertiary/aromatic N) is 2. The summed E-state index contributed by atoms with van der Waals surface area (Å²) in [5, 5.41) is 6.38. The van der Waals surface area contributed by atoms with Gasteiger partial charge in [0.2, 0.25) is 15.9 Å². The Labute approximate surface area is 112 Å². The quantitative estimate of drug-likeness (QED) is 0.811. The van der Waals surface area contributed by atoms with Gasteiger partial charge in [0.05, 0.1) is 11.9 Å². The Morgan fingerprint density at radius 2 is 2.16 bits per heavy atom. The third kappa shape index (κ3) is 2.95. The lowest BCUT2D eigenvalue weighted by molar-refractivity contribution is -0.119. The minimum atomic E-state index is -3.48. The van der Waals surface area contributed by atoms with E-state index in [4.69, 9.17) is 5.73 Å². The first-order chi connectivity index (χ1) is 8.91. The van der Waals surface area contributed by atoms with Crippen LogP contribution in [0.1, 0.15) is 25.0 Å². The number of primary amides is 1. The first-order valence-corrected chi connectivity index (χ1v) is 7.63.